The zero-order valence-corrected chi connectivity index (χ0v) is 15.8. The van der Waals surface area contributed by atoms with E-state index in [1.807, 2.05) is 0 Å². The van der Waals surface area contributed by atoms with Gasteiger partial charge in [0.15, 0.2) is 0 Å². The summed E-state index contributed by atoms with van der Waals surface area (Å²) >= 11 is 6.71. The molecule has 0 saturated carbocycles. The van der Waals surface area contributed by atoms with Crippen molar-refractivity contribution in [2.24, 2.45) is 7.05 Å². The van der Waals surface area contributed by atoms with Crippen LogP contribution in [0.5, 0.6) is 0 Å². The topological polar surface area (TPSA) is 77.2 Å². The fourth-order valence-electron chi connectivity index (χ4n) is 2.83. The SMILES string of the molecule is Cn1c(C(F)(F)F)nn(C2CCN(S(=O)(=O)c3ccc(Cl)s3)CC2)c1=O. The molecular formula is C13H14ClF3N4O3S2. The van der Waals surface area contributed by atoms with Gasteiger partial charge in [-0.15, -0.1) is 16.4 Å². The molecule has 3 heterocycles. The Balaban J connectivity index is 1.78. The van der Waals surface area contributed by atoms with E-state index in [-0.39, 0.29) is 30.1 Å². The number of thiophene rings is 1. The number of hydrogen-bond acceptors (Lipinski definition) is 5. The lowest BCUT2D eigenvalue weighted by Crippen LogP contribution is -2.40. The third-order valence-electron chi connectivity index (χ3n) is 4.17. The Morgan fingerprint density at radius 3 is 2.35 bits per heavy atom. The highest BCUT2D eigenvalue weighted by atomic mass is 35.5. The third-order valence-corrected chi connectivity index (χ3v) is 7.77. The summed E-state index contributed by atoms with van der Waals surface area (Å²) in [5.74, 6) is -1.27. The number of alkyl halides is 3. The van der Waals surface area contributed by atoms with Gasteiger partial charge in [0, 0.05) is 20.1 Å². The number of piperidine rings is 1. The van der Waals surface area contributed by atoms with Crippen LogP contribution >= 0.6 is 22.9 Å². The first kappa shape index (κ1) is 19.4. The predicted molar refractivity (Wildman–Crippen MR) is 88.8 cm³/mol. The van der Waals surface area contributed by atoms with Crippen LogP contribution in [0, 0.1) is 0 Å². The molecule has 0 bridgehead atoms. The molecule has 1 fully saturated rings. The first-order valence-electron chi connectivity index (χ1n) is 7.50. The summed E-state index contributed by atoms with van der Waals surface area (Å²) in [5, 5.41) is 3.41. The van der Waals surface area contributed by atoms with E-state index in [2.05, 4.69) is 5.10 Å². The molecule has 2 aromatic rings. The van der Waals surface area contributed by atoms with E-state index in [0.717, 1.165) is 23.1 Å². The summed E-state index contributed by atoms with van der Waals surface area (Å²) in [4.78, 5) is 12.1. The number of rotatable bonds is 3. The maximum atomic E-state index is 12.9. The van der Waals surface area contributed by atoms with Gasteiger partial charge >= 0.3 is 11.9 Å². The van der Waals surface area contributed by atoms with E-state index in [1.165, 1.54) is 16.4 Å². The van der Waals surface area contributed by atoms with Gasteiger partial charge in [-0.05, 0) is 25.0 Å². The maximum absolute atomic E-state index is 12.9. The molecule has 26 heavy (non-hydrogen) atoms. The molecule has 0 aromatic carbocycles. The van der Waals surface area contributed by atoms with E-state index in [4.69, 9.17) is 11.6 Å². The fraction of sp³-hybridized carbons (Fsp3) is 0.538. The molecule has 0 unspecified atom stereocenters. The molecule has 1 aliphatic rings. The van der Waals surface area contributed by atoms with Crippen LogP contribution in [0.25, 0.3) is 0 Å². The Kier molecular flexibility index (Phi) is 4.97. The summed E-state index contributed by atoms with van der Waals surface area (Å²) in [7, 11) is -2.70. The predicted octanol–water partition coefficient (Wildman–Crippen LogP) is 2.34. The Morgan fingerprint density at radius 1 is 1.27 bits per heavy atom. The Bertz CT molecular complexity index is 972. The van der Waals surface area contributed by atoms with E-state index < -0.39 is 33.8 Å². The van der Waals surface area contributed by atoms with Crippen LogP contribution in [-0.2, 0) is 23.2 Å². The van der Waals surface area contributed by atoms with Gasteiger partial charge < -0.3 is 0 Å². The number of nitrogens with zero attached hydrogens (tertiary/aromatic N) is 4. The van der Waals surface area contributed by atoms with Crippen LogP contribution in [0.4, 0.5) is 13.2 Å². The molecule has 0 amide bonds. The first-order chi connectivity index (χ1) is 12.0. The number of halogens is 4. The molecule has 0 atom stereocenters. The smallest absolute Gasteiger partial charge is 0.274 e. The van der Waals surface area contributed by atoms with Gasteiger partial charge in [-0.1, -0.05) is 11.6 Å². The van der Waals surface area contributed by atoms with Crippen LogP contribution in [-0.4, -0.2) is 40.2 Å². The number of hydrogen-bond donors (Lipinski definition) is 0. The molecule has 0 N–H and O–H groups in total. The van der Waals surface area contributed by atoms with Crippen molar-refractivity contribution in [1.82, 2.24) is 18.7 Å². The van der Waals surface area contributed by atoms with Gasteiger partial charge in [0.1, 0.15) is 4.21 Å². The second-order valence-corrected chi connectivity index (χ2v) is 9.68. The fourth-order valence-corrected chi connectivity index (χ4v) is 5.94. The second-order valence-electron chi connectivity index (χ2n) is 5.80. The summed E-state index contributed by atoms with van der Waals surface area (Å²) < 4.78 is 66.7. The van der Waals surface area contributed by atoms with Gasteiger partial charge in [0.05, 0.1) is 10.4 Å². The van der Waals surface area contributed by atoms with Gasteiger partial charge in [-0.25, -0.2) is 17.9 Å². The van der Waals surface area contributed by atoms with Crippen molar-refractivity contribution in [1.29, 1.82) is 0 Å². The second kappa shape index (κ2) is 6.66. The lowest BCUT2D eigenvalue weighted by atomic mass is 10.1. The van der Waals surface area contributed by atoms with Gasteiger partial charge in [0.2, 0.25) is 5.82 Å². The van der Waals surface area contributed by atoms with Crippen molar-refractivity contribution in [2.75, 3.05) is 13.1 Å². The average molecular weight is 431 g/mol. The van der Waals surface area contributed by atoms with Crippen molar-refractivity contribution in [3.8, 4) is 0 Å². The van der Waals surface area contributed by atoms with Gasteiger partial charge in [0.25, 0.3) is 10.0 Å². The lowest BCUT2D eigenvalue weighted by Gasteiger charge is -2.30. The largest absolute Gasteiger partial charge is 0.451 e. The number of aromatic nitrogens is 3. The normalized spacial score (nSPS) is 17.7. The zero-order valence-electron chi connectivity index (χ0n) is 13.4. The summed E-state index contributed by atoms with van der Waals surface area (Å²) in [6.45, 7) is 0.153. The Morgan fingerprint density at radius 2 is 1.88 bits per heavy atom. The quantitative estimate of drug-likeness (QED) is 0.749. The van der Waals surface area contributed by atoms with Gasteiger partial charge in [-0.2, -0.15) is 17.5 Å². The Labute approximate surface area is 155 Å². The minimum atomic E-state index is -4.73. The highest BCUT2D eigenvalue weighted by Gasteiger charge is 2.39. The molecule has 7 nitrogen and oxygen atoms in total. The van der Waals surface area contributed by atoms with E-state index in [0.29, 0.717) is 8.90 Å². The molecule has 13 heteroatoms. The third kappa shape index (κ3) is 3.42. The lowest BCUT2D eigenvalue weighted by molar-refractivity contribution is -0.147. The highest BCUT2D eigenvalue weighted by molar-refractivity contribution is 7.91. The van der Waals surface area contributed by atoms with Crippen molar-refractivity contribution in [2.45, 2.75) is 29.3 Å². The standard InChI is InChI=1S/C13H14ClF3N4O3S2/c1-19-11(13(15,16)17)18-21(12(19)22)8-4-6-20(7-5-8)26(23,24)10-3-2-9(14)25-10/h2-3,8H,4-7H2,1H3. The van der Waals surface area contributed by atoms with Crippen molar-refractivity contribution >= 4 is 33.0 Å². The maximum Gasteiger partial charge on any atom is 0.451 e. The summed E-state index contributed by atoms with van der Waals surface area (Å²) in [6.07, 6.45) is -4.36. The molecule has 144 valence electrons. The zero-order chi connectivity index (χ0) is 19.3. The molecule has 2 aromatic heterocycles. The van der Waals surface area contributed by atoms with Crippen LogP contribution in [0.2, 0.25) is 4.34 Å². The van der Waals surface area contributed by atoms with E-state index in [1.54, 1.807) is 0 Å². The first-order valence-corrected chi connectivity index (χ1v) is 10.1. The highest BCUT2D eigenvalue weighted by Crippen LogP contribution is 2.32. The molecule has 0 radical (unpaired) electrons. The molecule has 3 rings (SSSR count). The van der Waals surface area contributed by atoms with Gasteiger partial charge in [-0.3, -0.25) is 4.57 Å². The summed E-state index contributed by atoms with van der Waals surface area (Å²) in [6, 6.07) is 2.30. The van der Waals surface area contributed by atoms with E-state index >= 15 is 0 Å². The molecular weight excluding hydrogens is 417 g/mol. The number of sulfonamides is 1. The van der Waals surface area contributed by atoms with Crippen LogP contribution in [0.15, 0.2) is 21.1 Å². The van der Waals surface area contributed by atoms with Crippen LogP contribution in [0.1, 0.15) is 24.7 Å². The van der Waals surface area contributed by atoms with Crippen LogP contribution < -0.4 is 5.69 Å². The molecule has 0 spiro atoms. The molecule has 1 aliphatic heterocycles. The van der Waals surface area contributed by atoms with Crippen molar-refractivity contribution < 1.29 is 21.6 Å². The molecule has 1 saturated heterocycles. The monoisotopic (exact) mass is 430 g/mol. The van der Waals surface area contributed by atoms with Crippen molar-refractivity contribution in [3.63, 3.8) is 0 Å². The van der Waals surface area contributed by atoms with Crippen LogP contribution in [0.3, 0.4) is 0 Å². The molecule has 0 aliphatic carbocycles. The average Bonchev–Trinajstić information content (AvgIpc) is 3.12. The summed E-state index contributed by atoms with van der Waals surface area (Å²) in [5.41, 5.74) is -0.872. The van der Waals surface area contributed by atoms with E-state index in [9.17, 15) is 26.4 Å². The Hall–Kier alpha value is -1.37. The minimum absolute atomic E-state index is 0.0763. The van der Waals surface area contributed by atoms with Crippen molar-refractivity contribution in [3.05, 3.63) is 32.8 Å². The minimum Gasteiger partial charge on any atom is -0.274 e.